The highest BCUT2D eigenvalue weighted by Gasteiger charge is 2.27. The molecule has 7 nitrogen and oxygen atoms in total. The third-order valence-electron chi connectivity index (χ3n) is 4.78. The summed E-state index contributed by atoms with van der Waals surface area (Å²) in [5.74, 6) is 1.02. The van der Waals surface area contributed by atoms with Crippen LogP contribution in [-0.4, -0.2) is 34.3 Å². The molecule has 2 aromatic rings. The van der Waals surface area contributed by atoms with E-state index in [9.17, 15) is 4.79 Å². The number of fused-ring (bicyclic) bond motifs is 1. The van der Waals surface area contributed by atoms with Gasteiger partial charge in [0.25, 0.3) is 0 Å². The van der Waals surface area contributed by atoms with Gasteiger partial charge in [-0.05, 0) is 47.9 Å². The Morgan fingerprint density at radius 1 is 1.10 bits per heavy atom. The highest BCUT2D eigenvalue weighted by Crippen LogP contribution is 2.24. The molecule has 0 aliphatic carbocycles. The van der Waals surface area contributed by atoms with Crippen molar-refractivity contribution >= 4 is 27.5 Å². The zero-order valence-electron chi connectivity index (χ0n) is 16.6. The number of aliphatic imine (C=N–C) groups is 1. The van der Waals surface area contributed by atoms with E-state index in [-0.39, 0.29) is 11.7 Å². The maximum Gasteiger partial charge on any atom is 0.169 e. The van der Waals surface area contributed by atoms with Gasteiger partial charge in [-0.15, -0.1) is 0 Å². The van der Waals surface area contributed by atoms with Gasteiger partial charge in [0.1, 0.15) is 5.84 Å². The Labute approximate surface area is 190 Å². The van der Waals surface area contributed by atoms with Crippen molar-refractivity contribution in [2.75, 3.05) is 13.1 Å². The van der Waals surface area contributed by atoms with Gasteiger partial charge in [0.2, 0.25) is 0 Å². The summed E-state index contributed by atoms with van der Waals surface area (Å²) in [7, 11) is -4.69. The van der Waals surface area contributed by atoms with E-state index in [1.54, 1.807) is 0 Å². The fraction of sp³-hybridized carbons (Fsp3) is 0.182. The zero-order chi connectivity index (χ0) is 22.6. The van der Waals surface area contributed by atoms with Crippen LogP contribution in [0.4, 0.5) is 0 Å². The first-order chi connectivity index (χ1) is 14.6. The average Bonchev–Trinajstić information content (AvgIpc) is 2.72. The minimum Gasteiger partial charge on any atom is -0.333 e. The second kappa shape index (κ2) is 9.86. The van der Waals surface area contributed by atoms with Crippen LogP contribution in [0.2, 0.25) is 0 Å². The van der Waals surface area contributed by atoms with Crippen molar-refractivity contribution in [2.24, 2.45) is 10.9 Å². The summed E-state index contributed by atoms with van der Waals surface area (Å²) in [6.45, 7) is 3.30. The van der Waals surface area contributed by atoms with Gasteiger partial charge in [-0.3, -0.25) is 9.79 Å². The Morgan fingerprint density at radius 2 is 1.65 bits per heavy atom. The summed E-state index contributed by atoms with van der Waals surface area (Å²) < 4.78 is 33.8. The number of carbonyl (C=O) groups is 1. The molecule has 1 atom stereocenters. The lowest BCUT2D eigenvalue weighted by Crippen LogP contribution is -2.58. The predicted octanol–water partition coefficient (Wildman–Crippen LogP) is 0.979. The molecule has 0 fully saturated rings. The number of carbonyl (C=O) groups excluding carboxylic acids is 1. The molecule has 0 saturated heterocycles. The van der Waals surface area contributed by atoms with E-state index in [1.807, 2.05) is 42.6 Å². The molecule has 1 unspecified atom stereocenters. The molecule has 0 spiro atoms. The van der Waals surface area contributed by atoms with Gasteiger partial charge in [0.15, 0.2) is 5.78 Å². The molecule has 1 N–H and O–H groups in total. The number of Topliss-reactive ketones (excluding diaryl/α,β-unsaturated/α-hetero) is 1. The molecule has 0 radical (unpaired) electrons. The van der Waals surface area contributed by atoms with Crippen LogP contribution in [0.3, 0.4) is 0 Å². The van der Waals surface area contributed by atoms with E-state index in [4.69, 9.17) is 18.6 Å². The lowest BCUT2D eigenvalue weighted by atomic mass is 9.94. The first-order valence-corrected chi connectivity index (χ1v) is 11.4. The third-order valence-corrected chi connectivity index (χ3v) is 5.31. The van der Waals surface area contributed by atoms with Crippen LogP contribution >= 0.6 is 15.9 Å². The summed E-state index contributed by atoms with van der Waals surface area (Å²) in [6.07, 6.45) is 6.14. The summed E-state index contributed by atoms with van der Waals surface area (Å²) in [6, 6.07) is 16.1. The van der Waals surface area contributed by atoms with Crippen molar-refractivity contribution in [1.82, 2.24) is 4.90 Å². The number of allylic oxidation sites excluding steroid dienone is 2. The van der Waals surface area contributed by atoms with Crippen LogP contribution in [0.25, 0.3) is 11.1 Å². The molecule has 0 aromatic heterocycles. The van der Waals surface area contributed by atoms with Crippen molar-refractivity contribution in [3.05, 3.63) is 82.5 Å². The minimum atomic E-state index is -4.69. The Kier molecular flexibility index (Phi) is 7.42. The number of rotatable bonds is 3. The largest absolute Gasteiger partial charge is 0.333 e. The molecule has 2 heterocycles. The van der Waals surface area contributed by atoms with Crippen molar-refractivity contribution in [3.63, 3.8) is 0 Å². The number of amidine groups is 1. The Morgan fingerprint density at radius 3 is 2.23 bits per heavy atom. The van der Waals surface area contributed by atoms with E-state index in [2.05, 4.69) is 57.0 Å². The van der Waals surface area contributed by atoms with Crippen LogP contribution in [0.15, 0.2) is 81.9 Å². The summed E-state index contributed by atoms with van der Waals surface area (Å²) in [5.41, 5.74) is 4.19. The minimum absolute atomic E-state index is 0.103. The second-order valence-electron chi connectivity index (χ2n) is 7.10. The van der Waals surface area contributed by atoms with Crippen LogP contribution in [0.1, 0.15) is 17.3 Å². The van der Waals surface area contributed by atoms with E-state index < -0.39 is 10.2 Å². The molecule has 2 aliphatic heterocycles. The third kappa shape index (κ3) is 6.83. The predicted molar refractivity (Wildman–Crippen MR) is 112 cm³/mol. The number of nitrogens with zero attached hydrogens (tertiary/aromatic N) is 2. The monoisotopic (exact) mass is 506 g/mol. The van der Waals surface area contributed by atoms with Gasteiger partial charge in [-0.1, -0.05) is 52.3 Å². The zero-order valence-corrected chi connectivity index (χ0v) is 18.9. The normalized spacial score (nSPS) is 17.7. The van der Waals surface area contributed by atoms with Gasteiger partial charge in [-0.2, -0.15) is 14.0 Å². The van der Waals surface area contributed by atoms with Gasteiger partial charge >= 0.3 is 0 Å². The van der Waals surface area contributed by atoms with E-state index in [1.165, 1.54) is 5.57 Å². The molecule has 0 bridgehead atoms. The van der Waals surface area contributed by atoms with Crippen molar-refractivity contribution in [1.29, 1.82) is 0 Å². The van der Waals surface area contributed by atoms with E-state index >= 15 is 0 Å². The topological polar surface area (TPSA) is 122 Å². The molecule has 31 heavy (non-hydrogen) atoms. The van der Waals surface area contributed by atoms with Crippen molar-refractivity contribution in [3.8, 4) is 11.1 Å². The summed E-state index contributed by atoms with van der Waals surface area (Å²) >= 11 is 3.45. The lowest BCUT2D eigenvalue weighted by molar-refractivity contribution is -1.92. The molecule has 2 aromatic carbocycles. The fourth-order valence-corrected chi connectivity index (χ4v) is 3.54. The molecule has 2 aliphatic rings. The lowest BCUT2D eigenvalue weighted by Gasteiger charge is -2.31. The number of hydrogen-bond donors (Lipinski definition) is 1. The summed E-state index contributed by atoms with van der Waals surface area (Å²) in [5, 5.41) is 0. The first-order valence-electron chi connectivity index (χ1n) is 9.31. The van der Waals surface area contributed by atoms with E-state index in [0.29, 0.717) is 13.1 Å². The number of ketones is 1. The average molecular weight is 508 g/mol. The van der Waals surface area contributed by atoms with Crippen LogP contribution < -0.4 is 14.0 Å². The maximum absolute atomic E-state index is 12.9. The quantitative estimate of drug-likeness (QED) is 0.618. The molecular formula is C22H20BrClN2O5. The van der Waals surface area contributed by atoms with Gasteiger partial charge in [0, 0.05) is 22.8 Å². The van der Waals surface area contributed by atoms with Crippen LogP contribution in [0, 0.1) is 16.2 Å². The van der Waals surface area contributed by atoms with Crippen LogP contribution in [0.5, 0.6) is 0 Å². The highest BCUT2D eigenvalue weighted by molar-refractivity contribution is 9.10. The van der Waals surface area contributed by atoms with Crippen molar-refractivity contribution < 1.29 is 33.7 Å². The van der Waals surface area contributed by atoms with Gasteiger partial charge in [0.05, 0.1) is 27.4 Å². The SMILES string of the molecule is CC1=CC2=NCC(C(=O)c3ccc(-c4ccc(Br)cc4)cc3)CN2C=C1.[O-][Cl+3]([O-])([O-])O. The fourth-order valence-electron chi connectivity index (χ4n) is 3.28. The molecule has 162 valence electrons. The molecule has 4 rings (SSSR count). The van der Waals surface area contributed by atoms with Gasteiger partial charge < -0.3 is 4.90 Å². The molecule has 9 heteroatoms. The Hall–Kier alpha value is -2.33. The molecular weight excluding hydrogens is 488 g/mol. The standard InChI is InChI=1S/C22H19BrN2O.ClHO4/c1-15-10-11-25-14-19(13-24-21(25)12-15)22(26)18-4-2-16(3-5-18)17-6-8-20(23)9-7-17;2-1(3,4)5/h2-12,19H,13-14H2,1H3;(H,2,3,4,5). The van der Waals surface area contributed by atoms with Crippen molar-refractivity contribution in [2.45, 2.75) is 6.92 Å². The smallest absolute Gasteiger partial charge is 0.169 e. The molecule has 0 amide bonds. The number of benzene rings is 2. The van der Waals surface area contributed by atoms with Crippen LogP contribution in [-0.2, 0) is 0 Å². The van der Waals surface area contributed by atoms with E-state index in [0.717, 1.165) is 27.0 Å². The maximum atomic E-state index is 12.9. The highest BCUT2D eigenvalue weighted by atomic mass is 79.9. The first kappa shape index (κ1) is 23.3. The summed E-state index contributed by atoms with van der Waals surface area (Å²) in [4.78, 5) is 19.5. The second-order valence-corrected chi connectivity index (χ2v) is 8.80. The number of hydrogen-bond acceptors (Lipinski definition) is 7. The molecule has 0 saturated carbocycles. The van der Waals surface area contributed by atoms with Gasteiger partial charge in [-0.25, -0.2) is 0 Å². The Bertz CT molecular complexity index is 1020. The Balaban J connectivity index is 0.000000491. The number of halogens is 2.